The summed E-state index contributed by atoms with van der Waals surface area (Å²) >= 11 is 0. The highest BCUT2D eigenvalue weighted by atomic mass is 16.2. The molecule has 0 aromatic rings. The van der Waals surface area contributed by atoms with E-state index in [1.807, 2.05) is 4.90 Å². The fourth-order valence-corrected chi connectivity index (χ4v) is 1.46. The predicted molar refractivity (Wildman–Crippen MR) is 64.8 cm³/mol. The van der Waals surface area contributed by atoms with Crippen LogP contribution in [-0.2, 0) is 4.79 Å². The molecule has 0 aliphatic rings. The van der Waals surface area contributed by atoms with Crippen LogP contribution in [0.5, 0.6) is 0 Å². The van der Waals surface area contributed by atoms with Gasteiger partial charge >= 0.3 is 0 Å². The molecule has 0 aromatic carbocycles. The van der Waals surface area contributed by atoms with E-state index in [0.29, 0.717) is 6.42 Å². The minimum Gasteiger partial charge on any atom is -0.343 e. The Kier molecular flexibility index (Phi) is 9.18. The van der Waals surface area contributed by atoms with Crippen molar-refractivity contribution in [2.45, 2.75) is 33.1 Å². The Morgan fingerprint density at radius 3 is 2.40 bits per heavy atom. The molecule has 0 aliphatic carbocycles. The monoisotopic (exact) mass is 212 g/mol. The molecule has 1 amide bonds. The molecular weight excluding hydrogens is 188 g/mol. The zero-order valence-electron chi connectivity index (χ0n) is 10.1. The molecule has 88 valence electrons. The van der Waals surface area contributed by atoms with Crippen LogP contribution in [0.15, 0.2) is 12.7 Å². The van der Waals surface area contributed by atoms with Gasteiger partial charge in [0.15, 0.2) is 0 Å². The van der Waals surface area contributed by atoms with E-state index in [1.54, 1.807) is 6.08 Å². The molecular formula is C12H24N2O. The fourth-order valence-electron chi connectivity index (χ4n) is 1.46. The quantitative estimate of drug-likeness (QED) is 0.467. The number of nitrogens with zero attached hydrogens (tertiary/aromatic N) is 1. The first-order chi connectivity index (χ1) is 7.26. The Hall–Kier alpha value is -0.830. The molecule has 0 radical (unpaired) electrons. The van der Waals surface area contributed by atoms with Crippen molar-refractivity contribution in [2.75, 3.05) is 26.2 Å². The highest BCUT2D eigenvalue weighted by Crippen LogP contribution is 1.97. The number of carbonyl (C=O) groups excluding carboxylic acids is 1. The van der Waals surface area contributed by atoms with Crippen molar-refractivity contribution in [3.8, 4) is 0 Å². The normalized spacial score (nSPS) is 10.0. The average molecular weight is 212 g/mol. The van der Waals surface area contributed by atoms with Crippen molar-refractivity contribution < 1.29 is 4.79 Å². The molecule has 3 nitrogen and oxygen atoms in total. The fraction of sp³-hybridized carbons (Fsp3) is 0.750. The van der Waals surface area contributed by atoms with Crippen molar-refractivity contribution in [1.82, 2.24) is 10.2 Å². The summed E-state index contributed by atoms with van der Waals surface area (Å²) in [4.78, 5) is 13.7. The third kappa shape index (κ3) is 7.14. The lowest BCUT2D eigenvalue weighted by atomic mass is 10.3. The molecule has 0 fully saturated rings. The van der Waals surface area contributed by atoms with Gasteiger partial charge in [0.1, 0.15) is 0 Å². The molecule has 0 bridgehead atoms. The highest BCUT2D eigenvalue weighted by molar-refractivity contribution is 5.76. The van der Waals surface area contributed by atoms with E-state index >= 15 is 0 Å². The number of nitrogens with one attached hydrogen (secondary N) is 1. The van der Waals surface area contributed by atoms with Gasteiger partial charge in [0.05, 0.1) is 0 Å². The van der Waals surface area contributed by atoms with Gasteiger partial charge in [-0.15, -0.1) is 6.58 Å². The lowest BCUT2D eigenvalue weighted by Gasteiger charge is -2.21. The van der Waals surface area contributed by atoms with Gasteiger partial charge in [-0.1, -0.05) is 19.9 Å². The Morgan fingerprint density at radius 1 is 1.33 bits per heavy atom. The van der Waals surface area contributed by atoms with E-state index in [4.69, 9.17) is 0 Å². The average Bonchev–Trinajstić information content (AvgIpc) is 2.24. The van der Waals surface area contributed by atoms with Crippen molar-refractivity contribution in [1.29, 1.82) is 0 Å². The zero-order valence-corrected chi connectivity index (χ0v) is 10.1. The third-order valence-corrected chi connectivity index (χ3v) is 2.14. The summed E-state index contributed by atoms with van der Waals surface area (Å²) in [5.41, 5.74) is 0. The van der Waals surface area contributed by atoms with Crippen molar-refractivity contribution >= 4 is 5.91 Å². The summed E-state index contributed by atoms with van der Waals surface area (Å²) < 4.78 is 0. The van der Waals surface area contributed by atoms with E-state index in [1.165, 1.54) is 0 Å². The predicted octanol–water partition coefficient (Wildman–Crippen LogP) is 1.80. The van der Waals surface area contributed by atoms with Gasteiger partial charge in [-0.3, -0.25) is 4.79 Å². The van der Waals surface area contributed by atoms with E-state index in [0.717, 1.165) is 39.0 Å². The Labute approximate surface area is 93.5 Å². The first kappa shape index (κ1) is 14.2. The molecule has 0 atom stereocenters. The molecule has 3 heteroatoms. The van der Waals surface area contributed by atoms with Crippen molar-refractivity contribution in [2.24, 2.45) is 0 Å². The smallest absolute Gasteiger partial charge is 0.223 e. The number of hydrogen-bond acceptors (Lipinski definition) is 2. The lowest BCUT2D eigenvalue weighted by molar-refractivity contribution is -0.131. The number of rotatable bonds is 9. The summed E-state index contributed by atoms with van der Waals surface area (Å²) in [5, 5.41) is 3.14. The SMILES string of the molecule is C=CCNCCC(=O)N(CCC)CCC. The second-order valence-corrected chi connectivity index (χ2v) is 3.62. The first-order valence-electron chi connectivity index (χ1n) is 5.85. The topological polar surface area (TPSA) is 32.3 Å². The molecule has 0 saturated heterocycles. The van der Waals surface area contributed by atoms with E-state index < -0.39 is 0 Å². The van der Waals surface area contributed by atoms with Crippen LogP contribution in [0, 0.1) is 0 Å². The van der Waals surface area contributed by atoms with Gasteiger partial charge < -0.3 is 10.2 Å². The minimum absolute atomic E-state index is 0.260. The van der Waals surface area contributed by atoms with E-state index in [9.17, 15) is 4.79 Å². The van der Waals surface area contributed by atoms with Crippen LogP contribution in [-0.4, -0.2) is 37.0 Å². The first-order valence-corrected chi connectivity index (χ1v) is 5.85. The minimum atomic E-state index is 0.260. The Balaban J connectivity index is 3.75. The standard InChI is InChI=1S/C12H24N2O/c1-4-8-13-9-7-12(15)14(10-5-2)11-6-3/h4,13H,1,5-11H2,2-3H3. The molecule has 0 spiro atoms. The second-order valence-electron chi connectivity index (χ2n) is 3.62. The van der Waals surface area contributed by atoms with Gasteiger partial charge in [-0.2, -0.15) is 0 Å². The Bertz CT molecular complexity index is 174. The summed E-state index contributed by atoms with van der Waals surface area (Å²) in [7, 11) is 0. The number of amides is 1. The van der Waals surface area contributed by atoms with Crippen LogP contribution in [0.25, 0.3) is 0 Å². The third-order valence-electron chi connectivity index (χ3n) is 2.14. The van der Waals surface area contributed by atoms with Gasteiger partial charge in [-0.05, 0) is 12.8 Å². The van der Waals surface area contributed by atoms with Crippen molar-refractivity contribution in [3.05, 3.63) is 12.7 Å². The summed E-state index contributed by atoms with van der Waals surface area (Å²) in [6, 6.07) is 0. The van der Waals surface area contributed by atoms with Crippen LogP contribution in [0.2, 0.25) is 0 Å². The number of hydrogen-bond donors (Lipinski definition) is 1. The van der Waals surface area contributed by atoms with Gasteiger partial charge in [0.25, 0.3) is 0 Å². The summed E-state index contributed by atoms with van der Waals surface area (Å²) in [5.74, 6) is 0.260. The zero-order chi connectivity index (χ0) is 11.5. The maximum Gasteiger partial charge on any atom is 0.223 e. The van der Waals surface area contributed by atoms with Gasteiger partial charge in [0.2, 0.25) is 5.91 Å². The molecule has 0 saturated carbocycles. The maximum absolute atomic E-state index is 11.7. The van der Waals surface area contributed by atoms with Crippen LogP contribution in [0.1, 0.15) is 33.1 Å². The summed E-state index contributed by atoms with van der Waals surface area (Å²) in [6.07, 6.45) is 4.46. The second kappa shape index (κ2) is 9.71. The lowest BCUT2D eigenvalue weighted by Crippen LogP contribution is -2.34. The molecule has 0 heterocycles. The van der Waals surface area contributed by atoms with Crippen LogP contribution in [0.3, 0.4) is 0 Å². The summed E-state index contributed by atoms with van der Waals surface area (Å²) in [6.45, 7) is 11.1. The molecule has 0 aliphatic heterocycles. The molecule has 1 N–H and O–H groups in total. The van der Waals surface area contributed by atoms with Crippen LogP contribution in [0.4, 0.5) is 0 Å². The van der Waals surface area contributed by atoms with Crippen LogP contribution >= 0.6 is 0 Å². The molecule has 0 aromatic heterocycles. The van der Waals surface area contributed by atoms with E-state index in [2.05, 4.69) is 25.7 Å². The van der Waals surface area contributed by atoms with E-state index in [-0.39, 0.29) is 5.91 Å². The molecule has 0 rings (SSSR count). The van der Waals surface area contributed by atoms with Gasteiger partial charge in [0, 0.05) is 32.6 Å². The van der Waals surface area contributed by atoms with Crippen molar-refractivity contribution in [3.63, 3.8) is 0 Å². The van der Waals surface area contributed by atoms with Crippen LogP contribution < -0.4 is 5.32 Å². The maximum atomic E-state index is 11.7. The largest absolute Gasteiger partial charge is 0.343 e. The Morgan fingerprint density at radius 2 is 1.93 bits per heavy atom. The number of carbonyl (C=O) groups is 1. The van der Waals surface area contributed by atoms with Gasteiger partial charge in [-0.25, -0.2) is 0 Å². The molecule has 0 unspecified atom stereocenters. The molecule has 15 heavy (non-hydrogen) atoms. The highest BCUT2D eigenvalue weighted by Gasteiger charge is 2.10.